The fraction of sp³-hybridized carbons (Fsp3) is 0.125. The van der Waals surface area contributed by atoms with Crippen molar-refractivity contribution in [3.05, 3.63) is 58.1 Å². The molecule has 0 spiro atoms. The highest BCUT2D eigenvalue weighted by Gasteiger charge is 2.36. The molecule has 25 heavy (non-hydrogen) atoms. The zero-order valence-corrected chi connectivity index (χ0v) is 13.4. The summed E-state index contributed by atoms with van der Waals surface area (Å²) in [6.07, 6.45) is -5.05. The number of benzene rings is 2. The van der Waals surface area contributed by atoms with Crippen LogP contribution in [0.1, 0.15) is 20.9 Å². The van der Waals surface area contributed by atoms with Gasteiger partial charge in [-0.1, -0.05) is 0 Å². The van der Waals surface area contributed by atoms with E-state index in [-0.39, 0.29) is 5.69 Å². The molecule has 3 aromatic rings. The molecule has 0 bridgehead atoms. The van der Waals surface area contributed by atoms with Gasteiger partial charge in [0, 0.05) is 5.69 Å². The van der Waals surface area contributed by atoms with Gasteiger partial charge in [-0.05, 0) is 37.3 Å². The van der Waals surface area contributed by atoms with Crippen LogP contribution in [0.3, 0.4) is 0 Å². The van der Waals surface area contributed by atoms with Crippen LogP contribution in [0, 0.1) is 18.6 Å². The number of aromatic nitrogens is 1. The molecule has 0 aliphatic heterocycles. The highest BCUT2D eigenvalue weighted by Crippen LogP contribution is 2.33. The van der Waals surface area contributed by atoms with Crippen molar-refractivity contribution < 1.29 is 26.7 Å². The predicted molar refractivity (Wildman–Crippen MR) is 83.7 cm³/mol. The summed E-state index contributed by atoms with van der Waals surface area (Å²) in [5.41, 5.74) is -1.71. The van der Waals surface area contributed by atoms with E-state index in [1.807, 2.05) is 6.92 Å². The van der Waals surface area contributed by atoms with Crippen LogP contribution in [0.5, 0.6) is 0 Å². The minimum atomic E-state index is -5.05. The number of anilines is 1. The third-order valence-electron chi connectivity index (χ3n) is 3.38. The summed E-state index contributed by atoms with van der Waals surface area (Å²) in [5.74, 6) is -5.01. The van der Waals surface area contributed by atoms with E-state index in [2.05, 4.69) is 10.3 Å². The molecule has 1 heterocycles. The second kappa shape index (κ2) is 6.07. The lowest BCUT2D eigenvalue weighted by Gasteiger charge is -2.11. The Morgan fingerprint density at radius 1 is 1.12 bits per heavy atom. The number of thiazole rings is 1. The van der Waals surface area contributed by atoms with Gasteiger partial charge < -0.3 is 5.32 Å². The van der Waals surface area contributed by atoms with Crippen LogP contribution >= 0.6 is 11.3 Å². The lowest BCUT2D eigenvalue weighted by Crippen LogP contribution is -2.17. The van der Waals surface area contributed by atoms with E-state index >= 15 is 0 Å². The lowest BCUT2D eigenvalue weighted by molar-refractivity contribution is -0.140. The number of alkyl halides is 3. The predicted octanol–water partition coefficient (Wildman–Crippen LogP) is 5.15. The topological polar surface area (TPSA) is 42.0 Å². The lowest BCUT2D eigenvalue weighted by atomic mass is 10.1. The minimum absolute atomic E-state index is 0.266. The average Bonchev–Trinajstić information content (AvgIpc) is 2.87. The number of amides is 1. The van der Waals surface area contributed by atoms with E-state index in [9.17, 15) is 26.7 Å². The molecule has 0 aliphatic carbocycles. The van der Waals surface area contributed by atoms with Crippen LogP contribution in [0.15, 0.2) is 30.3 Å². The molecule has 3 rings (SSSR count). The molecule has 0 radical (unpaired) electrons. The molecule has 1 N–H and O–H groups in total. The van der Waals surface area contributed by atoms with Crippen LogP contribution in [-0.4, -0.2) is 10.9 Å². The van der Waals surface area contributed by atoms with Gasteiger partial charge >= 0.3 is 6.18 Å². The number of hydrogen-bond donors (Lipinski definition) is 1. The molecule has 130 valence electrons. The summed E-state index contributed by atoms with van der Waals surface area (Å²) < 4.78 is 66.0. The smallest absolute Gasteiger partial charge is 0.322 e. The molecule has 3 nitrogen and oxygen atoms in total. The quantitative estimate of drug-likeness (QED) is 0.632. The van der Waals surface area contributed by atoms with Crippen LogP contribution < -0.4 is 5.32 Å². The molecule has 1 aromatic heterocycles. The first-order chi connectivity index (χ1) is 11.7. The summed E-state index contributed by atoms with van der Waals surface area (Å²) in [6, 6.07) is 5.70. The third-order valence-corrected chi connectivity index (χ3v) is 4.34. The van der Waals surface area contributed by atoms with E-state index < -0.39 is 34.8 Å². The van der Waals surface area contributed by atoms with Crippen molar-refractivity contribution in [2.45, 2.75) is 13.1 Å². The third kappa shape index (κ3) is 3.32. The van der Waals surface area contributed by atoms with Gasteiger partial charge in [-0.25, -0.2) is 13.8 Å². The zero-order chi connectivity index (χ0) is 18.4. The fourth-order valence-electron chi connectivity index (χ4n) is 2.26. The van der Waals surface area contributed by atoms with E-state index in [4.69, 9.17) is 0 Å². The van der Waals surface area contributed by atoms with Crippen molar-refractivity contribution >= 4 is 33.1 Å². The van der Waals surface area contributed by atoms with Gasteiger partial charge in [0.05, 0.1) is 26.4 Å². The van der Waals surface area contributed by atoms with E-state index in [0.717, 1.165) is 9.71 Å². The number of halogens is 5. The largest absolute Gasteiger partial charge is 0.419 e. The van der Waals surface area contributed by atoms with Crippen LogP contribution in [-0.2, 0) is 6.18 Å². The Kier molecular flexibility index (Phi) is 4.19. The molecule has 9 heteroatoms. The minimum Gasteiger partial charge on any atom is -0.322 e. The number of nitrogens with one attached hydrogen (secondary N) is 1. The van der Waals surface area contributed by atoms with E-state index in [1.165, 1.54) is 23.5 Å². The standard InChI is InChI=1S/C16H9F5N2OS/c1-7-22-11-6-8(2-5-12(11)25-7)23-15(24)9-3-4-10(16(19,20)21)14(18)13(9)17/h2-6H,1H3,(H,23,24). The van der Waals surface area contributed by atoms with Crippen LogP contribution in [0.2, 0.25) is 0 Å². The molecule has 2 aromatic carbocycles. The molecule has 0 saturated carbocycles. The van der Waals surface area contributed by atoms with E-state index in [1.54, 1.807) is 6.07 Å². The van der Waals surface area contributed by atoms with Gasteiger partial charge in [-0.3, -0.25) is 4.79 Å². The van der Waals surface area contributed by atoms with Gasteiger partial charge in [0.15, 0.2) is 11.6 Å². The first-order valence-corrected chi connectivity index (χ1v) is 7.72. The SMILES string of the molecule is Cc1nc2cc(NC(=O)c3ccc(C(F)(F)F)c(F)c3F)ccc2s1. The molecule has 0 aliphatic rings. The number of carbonyl (C=O) groups is 1. The van der Waals surface area contributed by atoms with Gasteiger partial charge in [-0.2, -0.15) is 13.2 Å². The van der Waals surface area contributed by atoms with Crippen molar-refractivity contribution in [3.8, 4) is 0 Å². The Bertz CT molecular complexity index is 981. The number of rotatable bonds is 2. The molecular weight excluding hydrogens is 363 g/mol. The van der Waals surface area contributed by atoms with Gasteiger partial charge in [-0.15, -0.1) is 11.3 Å². The Morgan fingerprint density at radius 2 is 1.84 bits per heavy atom. The highest BCUT2D eigenvalue weighted by molar-refractivity contribution is 7.18. The summed E-state index contributed by atoms with van der Waals surface area (Å²) in [7, 11) is 0. The normalized spacial score (nSPS) is 11.8. The van der Waals surface area contributed by atoms with Crippen LogP contribution in [0.4, 0.5) is 27.6 Å². The van der Waals surface area contributed by atoms with E-state index in [0.29, 0.717) is 17.6 Å². The Balaban J connectivity index is 1.91. The summed E-state index contributed by atoms with van der Waals surface area (Å²) in [6.45, 7) is 1.81. The molecule has 0 unspecified atom stereocenters. The van der Waals surface area contributed by atoms with Crippen molar-refractivity contribution in [2.75, 3.05) is 5.32 Å². The Hall–Kier alpha value is -2.55. The van der Waals surface area contributed by atoms with Crippen molar-refractivity contribution in [2.24, 2.45) is 0 Å². The zero-order valence-electron chi connectivity index (χ0n) is 12.5. The number of hydrogen-bond acceptors (Lipinski definition) is 3. The maximum atomic E-state index is 13.9. The van der Waals surface area contributed by atoms with Gasteiger partial charge in [0.2, 0.25) is 0 Å². The molecule has 0 fully saturated rings. The van der Waals surface area contributed by atoms with Crippen LogP contribution in [0.25, 0.3) is 10.2 Å². The van der Waals surface area contributed by atoms with Crippen molar-refractivity contribution in [3.63, 3.8) is 0 Å². The number of fused-ring (bicyclic) bond motifs is 1. The highest BCUT2D eigenvalue weighted by atomic mass is 32.1. The maximum Gasteiger partial charge on any atom is 0.419 e. The summed E-state index contributed by atoms with van der Waals surface area (Å²) >= 11 is 1.44. The maximum absolute atomic E-state index is 13.9. The molecule has 0 atom stereocenters. The van der Waals surface area contributed by atoms with Crippen molar-refractivity contribution in [1.29, 1.82) is 0 Å². The summed E-state index contributed by atoms with van der Waals surface area (Å²) in [4.78, 5) is 16.3. The van der Waals surface area contributed by atoms with Gasteiger partial charge in [0.25, 0.3) is 5.91 Å². The second-order valence-electron chi connectivity index (χ2n) is 5.16. The Morgan fingerprint density at radius 3 is 2.52 bits per heavy atom. The number of nitrogens with zero attached hydrogens (tertiary/aromatic N) is 1. The number of carbonyl (C=O) groups excluding carboxylic acids is 1. The molecular formula is C16H9F5N2OS. The fourth-order valence-corrected chi connectivity index (χ4v) is 3.07. The van der Waals surface area contributed by atoms with Gasteiger partial charge in [0.1, 0.15) is 0 Å². The second-order valence-corrected chi connectivity index (χ2v) is 6.39. The van der Waals surface area contributed by atoms with Crippen molar-refractivity contribution in [1.82, 2.24) is 4.98 Å². The summed E-state index contributed by atoms with van der Waals surface area (Å²) in [5, 5.41) is 3.14. The number of aryl methyl sites for hydroxylation is 1. The Labute approximate surface area is 142 Å². The first-order valence-electron chi connectivity index (χ1n) is 6.90. The monoisotopic (exact) mass is 372 g/mol. The average molecular weight is 372 g/mol. The first kappa shape index (κ1) is 17.3. The molecule has 0 saturated heterocycles. The molecule has 1 amide bonds.